The first-order chi connectivity index (χ1) is 14.3. The largest absolute Gasteiger partial charge is 0.493 e. The van der Waals surface area contributed by atoms with Crippen LogP contribution in [0.2, 0.25) is 0 Å². The summed E-state index contributed by atoms with van der Waals surface area (Å²) in [5.41, 5.74) is 1.57. The van der Waals surface area contributed by atoms with Crippen molar-refractivity contribution in [2.45, 2.75) is 20.8 Å². The second kappa shape index (κ2) is 9.65. The number of carbonyl (C=O) groups excluding carboxylic acids is 2. The minimum Gasteiger partial charge on any atom is -0.493 e. The van der Waals surface area contributed by atoms with Gasteiger partial charge in [-0.3, -0.25) is 4.79 Å². The molecule has 0 saturated carbocycles. The first kappa shape index (κ1) is 22.6. The highest BCUT2D eigenvalue weighted by Crippen LogP contribution is 2.39. The Kier molecular flexibility index (Phi) is 7.26. The molecule has 0 aliphatic carbocycles. The van der Waals surface area contributed by atoms with E-state index in [1.165, 1.54) is 27.4 Å². The van der Waals surface area contributed by atoms with Gasteiger partial charge >= 0.3 is 5.97 Å². The number of esters is 1. The molecule has 1 aromatic carbocycles. The van der Waals surface area contributed by atoms with E-state index in [0.717, 1.165) is 0 Å². The number of hydrogen-bond acceptors (Lipinski definition) is 7. The van der Waals surface area contributed by atoms with Gasteiger partial charge in [-0.15, -0.1) is 0 Å². The number of nitrogens with zero attached hydrogens (tertiary/aromatic N) is 1. The molecule has 1 heterocycles. The Balaban J connectivity index is 2.60. The van der Waals surface area contributed by atoms with Gasteiger partial charge in [0, 0.05) is 11.4 Å². The normalized spacial score (nSPS) is 10.9. The zero-order valence-corrected chi connectivity index (χ0v) is 17.8. The maximum absolute atomic E-state index is 13.2. The lowest BCUT2D eigenvalue weighted by molar-refractivity contribution is 0.0523. The molecule has 0 spiro atoms. The lowest BCUT2D eigenvalue weighted by Gasteiger charge is -2.13. The van der Waals surface area contributed by atoms with Crippen molar-refractivity contribution in [2.24, 2.45) is 0 Å². The van der Waals surface area contributed by atoms with E-state index in [9.17, 15) is 14.9 Å². The summed E-state index contributed by atoms with van der Waals surface area (Å²) < 4.78 is 21.0. The van der Waals surface area contributed by atoms with Crippen molar-refractivity contribution in [1.29, 1.82) is 5.26 Å². The zero-order chi connectivity index (χ0) is 22.4. The summed E-state index contributed by atoms with van der Waals surface area (Å²) in [5.74, 6) is -0.0462. The number of rotatable bonds is 8. The number of allylic oxidation sites excluding steroid dienone is 1. The highest BCUT2D eigenvalue weighted by molar-refractivity contribution is 6.19. The molecule has 8 heteroatoms. The molecule has 0 fully saturated rings. The summed E-state index contributed by atoms with van der Waals surface area (Å²) >= 11 is 0. The predicted molar refractivity (Wildman–Crippen MR) is 110 cm³/mol. The molecule has 0 bridgehead atoms. The van der Waals surface area contributed by atoms with E-state index in [2.05, 4.69) is 4.98 Å². The fourth-order valence-corrected chi connectivity index (χ4v) is 3.16. The predicted octanol–water partition coefficient (Wildman–Crippen LogP) is 3.62. The van der Waals surface area contributed by atoms with Crippen molar-refractivity contribution in [3.05, 3.63) is 45.8 Å². The van der Waals surface area contributed by atoms with E-state index in [1.54, 1.807) is 32.9 Å². The van der Waals surface area contributed by atoms with Crippen LogP contribution in [0.4, 0.5) is 0 Å². The number of aromatic amines is 1. The van der Waals surface area contributed by atoms with Gasteiger partial charge in [-0.05, 0) is 44.5 Å². The summed E-state index contributed by atoms with van der Waals surface area (Å²) in [6, 6.07) is 5.16. The highest BCUT2D eigenvalue weighted by Gasteiger charge is 2.27. The van der Waals surface area contributed by atoms with Crippen LogP contribution in [0.25, 0.3) is 6.08 Å². The Labute approximate surface area is 175 Å². The van der Waals surface area contributed by atoms with Gasteiger partial charge < -0.3 is 23.9 Å². The van der Waals surface area contributed by atoms with E-state index >= 15 is 0 Å². The van der Waals surface area contributed by atoms with E-state index in [-0.39, 0.29) is 23.3 Å². The number of aromatic nitrogens is 1. The van der Waals surface area contributed by atoms with E-state index in [1.807, 2.05) is 6.07 Å². The minimum atomic E-state index is -0.618. The van der Waals surface area contributed by atoms with Crippen LogP contribution in [0.1, 0.15) is 44.6 Å². The van der Waals surface area contributed by atoms with Gasteiger partial charge in [0.25, 0.3) is 0 Å². The van der Waals surface area contributed by atoms with Crippen LogP contribution in [0, 0.1) is 25.2 Å². The van der Waals surface area contributed by atoms with Gasteiger partial charge in [-0.25, -0.2) is 4.79 Å². The quantitative estimate of drug-likeness (QED) is 0.305. The SMILES string of the molecule is CCOC(=O)c1c(C)[nH]c(C)c1C(=O)/C(C#N)=C/c1cc(OC)c(OC)c(OC)c1. The zero-order valence-electron chi connectivity index (χ0n) is 17.8. The molecule has 1 aromatic heterocycles. The average molecular weight is 412 g/mol. The van der Waals surface area contributed by atoms with Crippen LogP contribution in [0.3, 0.4) is 0 Å². The van der Waals surface area contributed by atoms with Gasteiger partial charge in [0.1, 0.15) is 11.6 Å². The number of nitrogens with one attached hydrogen (secondary N) is 1. The van der Waals surface area contributed by atoms with Gasteiger partial charge in [0.05, 0.1) is 39.1 Å². The molecule has 1 N–H and O–H groups in total. The Bertz CT molecular complexity index is 1020. The second-order valence-corrected chi connectivity index (χ2v) is 6.30. The number of methoxy groups -OCH3 is 3. The van der Waals surface area contributed by atoms with Crippen molar-refractivity contribution < 1.29 is 28.5 Å². The molecule has 0 atom stereocenters. The summed E-state index contributed by atoms with van der Waals surface area (Å²) in [6.07, 6.45) is 1.41. The third-order valence-corrected chi connectivity index (χ3v) is 4.44. The number of carbonyl (C=O) groups is 2. The number of Topliss-reactive ketones (excluding diaryl/α,β-unsaturated/α-hetero) is 1. The Morgan fingerprint density at radius 1 is 1.03 bits per heavy atom. The monoisotopic (exact) mass is 412 g/mol. The van der Waals surface area contributed by atoms with Crippen molar-refractivity contribution in [3.63, 3.8) is 0 Å². The number of hydrogen-bond donors (Lipinski definition) is 1. The number of aryl methyl sites for hydroxylation is 2. The van der Waals surface area contributed by atoms with Gasteiger partial charge in [-0.1, -0.05) is 0 Å². The third kappa shape index (κ3) is 4.30. The first-order valence-corrected chi connectivity index (χ1v) is 9.15. The summed E-state index contributed by atoms with van der Waals surface area (Å²) in [5, 5.41) is 9.65. The van der Waals surface area contributed by atoms with Crippen LogP contribution >= 0.6 is 0 Å². The van der Waals surface area contributed by atoms with Crippen molar-refractivity contribution in [2.75, 3.05) is 27.9 Å². The van der Waals surface area contributed by atoms with E-state index < -0.39 is 11.8 Å². The van der Waals surface area contributed by atoms with Crippen LogP contribution in [0.5, 0.6) is 17.2 Å². The van der Waals surface area contributed by atoms with E-state index in [4.69, 9.17) is 18.9 Å². The molecule has 0 radical (unpaired) electrons. The van der Waals surface area contributed by atoms with Crippen LogP contribution in [-0.2, 0) is 4.74 Å². The third-order valence-electron chi connectivity index (χ3n) is 4.44. The minimum absolute atomic E-state index is 0.117. The first-order valence-electron chi connectivity index (χ1n) is 9.15. The maximum Gasteiger partial charge on any atom is 0.340 e. The number of H-pyrrole nitrogens is 1. The van der Waals surface area contributed by atoms with Crippen molar-refractivity contribution in [3.8, 4) is 23.3 Å². The molecule has 2 aromatic rings. The fraction of sp³-hybridized carbons (Fsp3) is 0.318. The van der Waals surface area contributed by atoms with Crippen LogP contribution < -0.4 is 14.2 Å². The summed E-state index contributed by atoms with van der Waals surface area (Å²) in [4.78, 5) is 28.5. The lowest BCUT2D eigenvalue weighted by atomic mass is 9.97. The average Bonchev–Trinajstić information content (AvgIpc) is 3.04. The molecule has 8 nitrogen and oxygen atoms in total. The molecule has 0 saturated heterocycles. The van der Waals surface area contributed by atoms with Crippen molar-refractivity contribution >= 4 is 17.8 Å². The summed E-state index contributed by atoms with van der Waals surface area (Å²) in [6.45, 7) is 5.18. The molecule has 30 heavy (non-hydrogen) atoms. The molecular weight excluding hydrogens is 388 g/mol. The smallest absolute Gasteiger partial charge is 0.340 e. The topological polar surface area (TPSA) is 111 Å². The fourth-order valence-electron chi connectivity index (χ4n) is 3.16. The Morgan fingerprint density at radius 3 is 2.07 bits per heavy atom. The molecule has 158 valence electrons. The molecule has 0 aliphatic heterocycles. The van der Waals surface area contributed by atoms with E-state index in [0.29, 0.717) is 34.2 Å². The Hall–Kier alpha value is -3.73. The second-order valence-electron chi connectivity index (χ2n) is 6.30. The number of ether oxygens (including phenoxy) is 4. The summed E-state index contributed by atoms with van der Waals surface area (Å²) in [7, 11) is 4.42. The molecular formula is C22H24N2O6. The number of ketones is 1. The Morgan fingerprint density at radius 2 is 1.60 bits per heavy atom. The lowest BCUT2D eigenvalue weighted by Crippen LogP contribution is -2.13. The standard InChI is InChI=1S/C22H24N2O6/c1-7-30-22(26)19-13(3)24-12(2)18(19)20(25)15(11-23)8-14-9-16(27-4)21(29-6)17(10-14)28-5/h8-10,24H,7H2,1-6H3/b15-8+. The van der Waals surface area contributed by atoms with Gasteiger partial charge in [-0.2, -0.15) is 5.26 Å². The van der Waals surface area contributed by atoms with Crippen LogP contribution in [0.15, 0.2) is 17.7 Å². The number of benzene rings is 1. The van der Waals surface area contributed by atoms with Gasteiger partial charge in [0.15, 0.2) is 11.5 Å². The molecule has 0 aliphatic rings. The maximum atomic E-state index is 13.2. The van der Waals surface area contributed by atoms with Crippen LogP contribution in [-0.4, -0.2) is 44.7 Å². The molecule has 0 amide bonds. The number of nitriles is 1. The van der Waals surface area contributed by atoms with Crippen molar-refractivity contribution in [1.82, 2.24) is 4.98 Å². The molecule has 0 unspecified atom stereocenters. The highest BCUT2D eigenvalue weighted by atomic mass is 16.5. The van der Waals surface area contributed by atoms with Gasteiger partial charge in [0.2, 0.25) is 11.5 Å². The molecule has 2 rings (SSSR count).